The first-order chi connectivity index (χ1) is 14.3. The normalized spacial score (nSPS) is 18.8. The van der Waals surface area contributed by atoms with E-state index >= 15 is 0 Å². The molecular weight excluding hydrogens is 406 g/mol. The number of hydrogen-bond donors (Lipinski definition) is 2. The number of fused-ring (bicyclic) bond motifs is 1. The smallest absolute Gasteiger partial charge is 0.262 e. The maximum atomic E-state index is 12.8. The van der Waals surface area contributed by atoms with Gasteiger partial charge >= 0.3 is 0 Å². The van der Waals surface area contributed by atoms with Gasteiger partial charge in [-0.25, -0.2) is 8.42 Å². The quantitative estimate of drug-likeness (QED) is 0.762. The van der Waals surface area contributed by atoms with Crippen molar-refractivity contribution in [2.24, 2.45) is 0 Å². The Balaban J connectivity index is 1.55. The second-order valence-corrected chi connectivity index (χ2v) is 8.92. The van der Waals surface area contributed by atoms with Crippen molar-refractivity contribution in [2.45, 2.75) is 30.3 Å². The molecule has 2 aromatic rings. The lowest BCUT2D eigenvalue weighted by molar-refractivity contribution is -0.126. The second-order valence-electron chi connectivity index (χ2n) is 7.24. The van der Waals surface area contributed by atoms with E-state index in [9.17, 15) is 18.0 Å². The van der Waals surface area contributed by atoms with Gasteiger partial charge in [-0.1, -0.05) is 12.6 Å². The first kappa shape index (κ1) is 20.0. The molecule has 1 fully saturated rings. The van der Waals surface area contributed by atoms with Crippen molar-refractivity contribution in [2.75, 3.05) is 11.8 Å². The van der Waals surface area contributed by atoms with Gasteiger partial charge in [-0.3, -0.25) is 14.3 Å². The summed E-state index contributed by atoms with van der Waals surface area (Å²) in [6, 6.07) is 10.3. The summed E-state index contributed by atoms with van der Waals surface area (Å²) in [6.07, 6.45) is 1.13. The van der Waals surface area contributed by atoms with Gasteiger partial charge in [0.25, 0.3) is 15.9 Å². The van der Waals surface area contributed by atoms with Crippen LogP contribution in [0.3, 0.4) is 0 Å². The van der Waals surface area contributed by atoms with Crippen LogP contribution < -0.4 is 14.8 Å². The van der Waals surface area contributed by atoms with Gasteiger partial charge in [0.2, 0.25) is 5.91 Å². The van der Waals surface area contributed by atoms with Gasteiger partial charge in [-0.2, -0.15) is 0 Å². The monoisotopic (exact) mass is 427 g/mol. The minimum absolute atomic E-state index is 0.0687. The molecule has 156 valence electrons. The molecule has 2 N–H and O–H groups in total. The van der Waals surface area contributed by atoms with E-state index in [-0.39, 0.29) is 23.3 Å². The largest absolute Gasteiger partial charge is 0.497 e. The summed E-state index contributed by atoms with van der Waals surface area (Å²) in [4.78, 5) is 26.7. The molecule has 30 heavy (non-hydrogen) atoms. The van der Waals surface area contributed by atoms with E-state index in [1.807, 2.05) is 0 Å². The zero-order valence-corrected chi connectivity index (χ0v) is 17.2. The number of ether oxygens (including phenoxy) is 1. The highest BCUT2D eigenvalue weighted by molar-refractivity contribution is 7.92. The Morgan fingerprint density at radius 2 is 2.00 bits per heavy atom. The number of hydrogen-bond acceptors (Lipinski definition) is 5. The molecule has 1 atom stereocenters. The van der Waals surface area contributed by atoms with Crippen LogP contribution in [0.25, 0.3) is 0 Å². The zero-order chi connectivity index (χ0) is 21.5. The number of piperidine rings is 1. The van der Waals surface area contributed by atoms with Crippen LogP contribution in [0.2, 0.25) is 0 Å². The summed E-state index contributed by atoms with van der Waals surface area (Å²) in [5.74, 6) is -0.0484. The Morgan fingerprint density at radius 1 is 1.20 bits per heavy atom. The van der Waals surface area contributed by atoms with Crippen molar-refractivity contribution < 1.29 is 22.7 Å². The number of methoxy groups -OCH3 is 1. The average Bonchev–Trinajstić information content (AvgIpc) is 3.03. The first-order valence-corrected chi connectivity index (χ1v) is 10.9. The Kier molecular flexibility index (Phi) is 4.98. The van der Waals surface area contributed by atoms with Crippen molar-refractivity contribution >= 4 is 27.5 Å². The number of nitrogens with zero attached hydrogens (tertiary/aromatic N) is 1. The van der Waals surface area contributed by atoms with E-state index in [1.54, 1.807) is 30.3 Å². The molecule has 0 aliphatic carbocycles. The summed E-state index contributed by atoms with van der Waals surface area (Å²) < 4.78 is 33.0. The number of sulfonamides is 1. The number of rotatable bonds is 5. The van der Waals surface area contributed by atoms with Gasteiger partial charge in [-0.15, -0.1) is 0 Å². The lowest BCUT2D eigenvalue weighted by atomic mass is 10.0. The van der Waals surface area contributed by atoms with Crippen LogP contribution >= 0.6 is 0 Å². The predicted molar refractivity (Wildman–Crippen MR) is 110 cm³/mol. The molecule has 0 bridgehead atoms. The number of anilines is 1. The fraction of sp³-hybridized carbons (Fsp3) is 0.238. The number of carbonyl (C=O) groups excluding carboxylic acids is 2. The third-order valence-corrected chi connectivity index (χ3v) is 6.62. The van der Waals surface area contributed by atoms with Crippen LogP contribution in [0.1, 0.15) is 28.8 Å². The van der Waals surface area contributed by atoms with Crippen molar-refractivity contribution in [3.05, 3.63) is 65.9 Å². The third-order valence-electron chi connectivity index (χ3n) is 5.24. The van der Waals surface area contributed by atoms with E-state index in [0.29, 0.717) is 41.1 Å². The highest BCUT2D eigenvalue weighted by Gasteiger charge is 2.38. The molecule has 4 rings (SSSR count). The summed E-state index contributed by atoms with van der Waals surface area (Å²) in [7, 11) is -2.36. The van der Waals surface area contributed by atoms with Crippen LogP contribution in [-0.2, 0) is 21.4 Å². The molecule has 2 heterocycles. The molecule has 0 saturated carbocycles. The Labute approximate surface area is 174 Å². The van der Waals surface area contributed by atoms with Crippen molar-refractivity contribution in [1.82, 2.24) is 10.2 Å². The molecule has 2 aromatic carbocycles. The van der Waals surface area contributed by atoms with Crippen molar-refractivity contribution in [1.29, 1.82) is 0 Å². The van der Waals surface area contributed by atoms with Crippen molar-refractivity contribution in [3.8, 4) is 5.75 Å². The van der Waals surface area contributed by atoms with Gasteiger partial charge in [0.1, 0.15) is 11.8 Å². The van der Waals surface area contributed by atoms with E-state index in [0.717, 1.165) is 0 Å². The van der Waals surface area contributed by atoms with E-state index in [1.165, 1.54) is 24.1 Å². The molecule has 0 radical (unpaired) electrons. The fourth-order valence-corrected chi connectivity index (χ4v) is 4.78. The van der Waals surface area contributed by atoms with Crippen LogP contribution in [-0.4, -0.2) is 38.3 Å². The maximum absolute atomic E-state index is 12.8. The number of carbonyl (C=O) groups is 2. The van der Waals surface area contributed by atoms with E-state index in [4.69, 9.17) is 4.74 Å². The van der Waals surface area contributed by atoms with Gasteiger partial charge in [0.05, 0.1) is 12.0 Å². The molecule has 0 aromatic heterocycles. The molecule has 1 saturated heterocycles. The van der Waals surface area contributed by atoms with E-state index in [2.05, 4.69) is 16.6 Å². The molecule has 1 unspecified atom stereocenters. The maximum Gasteiger partial charge on any atom is 0.262 e. The van der Waals surface area contributed by atoms with Gasteiger partial charge in [-0.05, 0) is 48.7 Å². The fourth-order valence-electron chi connectivity index (χ4n) is 3.70. The van der Waals surface area contributed by atoms with Crippen LogP contribution in [0, 0.1) is 0 Å². The summed E-state index contributed by atoms with van der Waals surface area (Å²) in [5.41, 5.74) is 2.13. The molecule has 0 spiro atoms. The molecule has 2 aliphatic heterocycles. The molecule has 9 heteroatoms. The Hall–Kier alpha value is -3.33. The molecule has 2 amide bonds. The minimum atomic E-state index is -3.83. The Morgan fingerprint density at radius 3 is 2.73 bits per heavy atom. The molecular formula is C21H21N3O5S. The summed E-state index contributed by atoms with van der Waals surface area (Å²) in [6.45, 7) is 4.00. The minimum Gasteiger partial charge on any atom is -0.497 e. The number of nitrogens with one attached hydrogen (secondary N) is 2. The van der Waals surface area contributed by atoms with Crippen LogP contribution in [0.15, 0.2) is 59.6 Å². The standard InChI is InChI=1S/C21H21N3O5S/c1-13-6-9-19(20(25)22-13)24-12-14-10-15(7-8-18(14)21(24)26)23-30(27,28)17-5-3-4-16(11-17)29-2/h3-5,7-8,10-11,19,23H,1,6,9,12H2,2H3,(H,22,25). The summed E-state index contributed by atoms with van der Waals surface area (Å²) in [5, 5.41) is 2.69. The van der Waals surface area contributed by atoms with Crippen LogP contribution in [0.4, 0.5) is 5.69 Å². The topological polar surface area (TPSA) is 105 Å². The third kappa shape index (κ3) is 3.63. The number of benzene rings is 2. The Bertz CT molecular complexity index is 1160. The highest BCUT2D eigenvalue weighted by Crippen LogP contribution is 2.31. The van der Waals surface area contributed by atoms with Gasteiger partial charge in [0.15, 0.2) is 0 Å². The average molecular weight is 427 g/mol. The SMILES string of the molecule is C=C1CCC(N2Cc3cc(NS(=O)(=O)c4cccc(OC)c4)ccc3C2=O)C(=O)N1. The first-order valence-electron chi connectivity index (χ1n) is 9.38. The predicted octanol–water partition coefficient (Wildman–Crippen LogP) is 2.24. The lowest BCUT2D eigenvalue weighted by Crippen LogP contribution is -2.49. The van der Waals surface area contributed by atoms with Crippen molar-refractivity contribution in [3.63, 3.8) is 0 Å². The van der Waals surface area contributed by atoms with Crippen LogP contribution in [0.5, 0.6) is 5.75 Å². The second kappa shape index (κ2) is 7.49. The van der Waals surface area contributed by atoms with E-state index < -0.39 is 16.1 Å². The number of amides is 2. The summed E-state index contributed by atoms with van der Waals surface area (Å²) >= 11 is 0. The lowest BCUT2D eigenvalue weighted by Gasteiger charge is -2.30. The van der Waals surface area contributed by atoms with Gasteiger partial charge in [0, 0.05) is 29.6 Å². The zero-order valence-electron chi connectivity index (χ0n) is 16.3. The molecule has 2 aliphatic rings. The molecule has 8 nitrogen and oxygen atoms in total. The number of allylic oxidation sites excluding steroid dienone is 1. The highest BCUT2D eigenvalue weighted by atomic mass is 32.2. The van der Waals surface area contributed by atoms with Gasteiger partial charge < -0.3 is 15.0 Å².